The molecule has 0 aliphatic carbocycles. The molecule has 0 aliphatic rings. The first-order chi connectivity index (χ1) is 9.94. The Bertz CT molecular complexity index is 615. The summed E-state index contributed by atoms with van der Waals surface area (Å²) in [6, 6.07) is 12.1. The summed E-state index contributed by atoms with van der Waals surface area (Å²) in [5.41, 5.74) is 2.56. The van der Waals surface area contributed by atoms with Crippen molar-refractivity contribution < 1.29 is 4.74 Å². The molecule has 0 saturated heterocycles. The highest BCUT2D eigenvalue weighted by Crippen LogP contribution is 2.34. The number of pyridine rings is 1. The van der Waals surface area contributed by atoms with Gasteiger partial charge in [0.1, 0.15) is 11.6 Å². The number of nitrogens with zero attached hydrogens (tertiary/aromatic N) is 1. The van der Waals surface area contributed by atoms with Crippen molar-refractivity contribution in [3.63, 3.8) is 0 Å². The van der Waals surface area contributed by atoms with E-state index in [-0.39, 0.29) is 5.41 Å². The maximum absolute atomic E-state index is 6.03. The molecule has 0 spiro atoms. The number of benzene rings is 1. The van der Waals surface area contributed by atoms with Crippen LogP contribution in [0.3, 0.4) is 0 Å². The third-order valence-corrected chi connectivity index (χ3v) is 3.45. The lowest BCUT2D eigenvalue weighted by Gasteiger charge is -2.23. The molecule has 0 amide bonds. The maximum Gasteiger partial charge on any atom is 0.221 e. The fraction of sp³-hybridized carbons (Fsp3) is 0.389. The first-order valence-corrected chi connectivity index (χ1v) is 7.40. The van der Waals surface area contributed by atoms with Gasteiger partial charge in [0, 0.05) is 18.7 Å². The van der Waals surface area contributed by atoms with Gasteiger partial charge in [0.2, 0.25) is 5.88 Å². The average Bonchev–Trinajstić information content (AvgIpc) is 2.46. The molecule has 3 nitrogen and oxygen atoms in total. The van der Waals surface area contributed by atoms with Crippen LogP contribution < -0.4 is 10.1 Å². The van der Waals surface area contributed by atoms with Gasteiger partial charge in [-0.15, -0.1) is 0 Å². The van der Waals surface area contributed by atoms with E-state index in [1.807, 2.05) is 31.3 Å². The third-order valence-electron chi connectivity index (χ3n) is 3.45. The van der Waals surface area contributed by atoms with Gasteiger partial charge in [0.25, 0.3) is 0 Å². The predicted molar refractivity (Wildman–Crippen MR) is 88.4 cm³/mol. The molecule has 2 aromatic rings. The van der Waals surface area contributed by atoms with Gasteiger partial charge in [-0.25, -0.2) is 0 Å². The van der Waals surface area contributed by atoms with E-state index >= 15 is 0 Å². The summed E-state index contributed by atoms with van der Waals surface area (Å²) in [6.45, 7) is 8.77. The van der Waals surface area contributed by atoms with Crippen molar-refractivity contribution in [2.45, 2.75) is 39.5 Å². The fourth-order valence-corrected chi connectivity index (χ4v) is 2.20. The highest BCUT2D eigenvalue weighted by Gasteiger charge is 2.20. The number of nitrogens with one attached hydrogen (secondary N) is 1. The summed E-state index contributed by atoms with van der Waals surface area (Å²) in [6.07, 6.45) is 1.02. The Balaban J connectivity index is 2.39. The molecular formula is C18H24N2O. The van der Waals surface area contributed by atoms with E-state index in [0.29, 0.717) is 5.88 Å². The van der Waals surface area contributed by atoms with Crippen molar-refractivity contribution in [3.8, 4) is 11.6 Å². The van der Waals surface area contributed by atoms with E-state index in [2.05, 4.69) is 50.1 Å². The van der Waals surface area contributed by atoms with Crippen LogP contribution in [0.4, 0.5) is 5.82 Å². The number of anilines is 1. The molecule has 0 atom stereocenters. The Morgan fingerprint density at radius 2 is 1.90 bits per heavy atom. The summed E-state index contributed by atoms with van der Waals surface area (Å²) < 4.78 is 6.03. The molecule has 1 N–H and O–H groups in total. The third kappa shape index (κ3) is 3.75. The number of ether oxygens (including phenoxy) is 1. The molecule has 1 aromatic heterocycles. The van der Waals surface area contributed by atoms with E-state index in [9.17, 15) is 0 Å². The first-order valence-electron chi connectivity index (χ1n) is 7.40. The van der Waals surface area contributed by atoms with Crippen LogP contribution in [0.5, 0.6) is 11.6 Å². The maximum atomic E-state index is 6.03. The standard InChI is InChI=1S/C18H24N2O/c1-6-13-10-11-15(14(12-13)18(2,3)4)21-17-9-7-8-16(19-5)20-17/h7-12H,6H2,1-5H3,(H,19,20). The van der Waals surface area contributed by atoms with Crippen LogP contribution in [-0.4, -0.2) is 12.0 Å². The highest BCUT2D eigenvalue weighted by atomic mass is 16.5. The van der Waals surface area contributed by atoms with E-state index in [1.165, 1.54) is 11.1 Å². The van der Waals surface area contributed by atoms with Gasteiger partial charge in [-0.1, -0.05) is 45.9 Å². The van der Waals surface area contributed by atoms with Crippen molar-refractivity contribution in [2.24, 2.45) is 0 Å². The van der Waals surface area contributed by atoms with E-state index in [0.717, 1.165) is 18.0 Å². The zero-order valence-corrected chi connectivity index (χ0v) is 13.5. The normalized spacial score (nSPS) is 11.3. The monoisotopic (exact) mass is 284 g/mol. The lowest BCUT2D eigenvalue weighted by atomic mass is 9.85. The van der Waals surface area contributed by atoms with Gasteiger partial charge >= 0.3 is 0 Å². The Morgan fingerprint density at radius 1 is 1.14 bits per heavy atom. The first kappa shape index (κ1) is 15.4. The van der Waals surface area contributed by atoms with Crippen LogP contribution in [0.1, 0.15) is 38.8 Å². The lowest BCUT2D eigenvalue weighted by Crippen LogP contribution is -2.13. The summed E-state index contributed by atoms with van der Waals surface area (Å²) in [5, 5.41) is 3.03. The highest BCUT2D eigenvalue weighted by molar-refractivity contribution is 5.44. The summed E-state index contributed by atoms with van der Waals surface area (Å²) in [4.78, 5) is 4.42. The second-order valence-corrected chi connectivity index (χ2v) is 6.15. The molecule has 0 saturated carbocycles. The van der Waals surface area contributed by atoms with Crippen LogP contribution in [-0.2, 0) is 11.8 Å². The zero-order valence-electron chi connectivity index (χ0n) is 13.5. The topological polar surface area (TPSA) is 34.1 Å². The van der Waals surface area contributed by atoms with Crippen molar-refractivity contribution in [3.05, 3.63) is 47.5 Å². The average molecular weight is 284 g/mol. The SMILES string of the molecule is CCc1ccc(Oc2cccc(NC)n2)c(C(C)(C)C)c1. The second-order valence-electron chi connectivity index (χ2n) is 6.15. The van der Waals surface area contributed by atoms with Gasteiger partial charge in [-0.05, 0) is 29.5 Å². The largest absolute Gasteiger partial charge is 0.439 e. The van der Waals surface area contributed by atoms with Crippen molar-refractivity contribution in [2.75, 3.05) is 12.4 Å². The van der Waals surface area contributed by atoms with Crippen molar-refractivity contribution >= 4 is 5.82 Å². The van der Waals surface area contributed by atoms with Gasteiger partial charge < -0.3 is 10.1 Å². The summed E-state index contributed by atoms with van der Waals surface area (Å²) in [5.74, 6) is 2.28. The van der Waals surface area contributed by atoms with E-state index in [1.54, 1.807) is 0 Å². The van der Waals surface area contributed by atoms with Gasteiger partial charge in [-0.2, -0.15) is 4.98 Å². The van der Waals surface area contributed by atoms with Crippen LogP contribution in [0.25, 0.3) is 0 Å². The number of hydrogen-bond acceptors (Lipinski definition) is 3. The van der Waals surface area contributed by atoms with E-state index < -0.39 is 0 Å². The molecule has 112 valence electrons. The van der Waals surface area contributed by atoms with Crippen LogP contribution in [0.15, 0.2) is 36.4 Å². The molecule has 0 aliphatic heterocycles. The minimum Gasteiger partial charge on any atom is -0.439 e. The Morgan fingerprint density at radius 3 is 2.52 bits per heavy atom. The molecule has 2 rings (SSSR count). The second kappa shape index (κ2) is 6.17. The van der Waals surface area contributed by atoms with Crippen LogP contribution >= 0.6 is 0 Å². The molecule has 0 unspecified atom stereocenters. The molecule has 3 heteroatoms. The smallest absolute Gasteiger partial charge is 0.221 e. The predicted octanol–water partition coefficient (Wildman–Crippen LogP) is 4.78. The molecule has 0 fully saturated rings. The van der Waals surface area contributed by atoms with E-state index in [4.69, 9.17) is 4.74 Å². The Hall–Kier alpha value is -2.03. The molecule has 1 heterocycles. The Kier molecular flexibility index (Phi) is 4.51. The van der Waals surface area contributed by atoms with Gasteiger partial charge in [-0.3, -0.25) is 0 Å². The van der Waals surface area contributed by atoms with Crippen LogP contribution in [0.2, 0.25) is 0 Å². The summed E-state index contributed by atoms with van der Waals surface area (Å²) >= 11 is 0. The summed E-state index contributed by atoms with van der Waals surface area (Å²) in [7, 11) is 1.85. The number of rotatable bonds is 4. The number of aromatic nitrogens is 1. The molecular weight excluding hydrogens is 260 g/mol. The quantitative estimate of drug-likeness (QED) is 0.877. The van der Waals surface area contributed by atoms with Crippen LogP contribution in [0, 0.1) is 0 Å². The Labute approximate surface area is 127 Å². The number of aryl methyl sites for hydroxylation is 1. The zero-order chi connectivity index (χ0) is 15.5. The molecule has 21 heavy (non-hydrogen) atoms. The number of hydrogen-bond donors (Lipinski definition) is 1. The molecule has 0 bridgehead atoms. The van der Waals surface area contributed by atoms with Gasteiger partial charge in [0.15, 0.2) is 0 Å². The minimum atomic E-state index is 0.0289. The fourth-order valence-electron chi connectivity index (χ4n) is 2.20. The van der Waals surface area contributed by atoms with Gasteiger partial charge in [0.05, 0.1) is 0 Å². The molecule has 1 aromatic carbocycles. The molecule has 0 radical (unpaired) electrons. The van der Waals surface area contributed by atoms with Crippen molar-refractivity contribution in [1.29, 1.82) is 0 Å². The lowest BCUT2D eigenvalue weighted by molar-refractivity contribution is 0.440. The van der Waals surface area contributed by atoms with Crippen molar-refractivity contribution in [1.82, 2.24) is 4.98 Å². The minimum absolute atomic E-state index is 0.0289.